The molecule has 1 heterocycles. The molecule has 0 spiro atoms. The Morgan fingerprint density at radius 3 is 2.38 bits per heavy atom. The van der Waals surface area contributed by atoms with E-state index in [1.807, 2.05) is 26.8 Å². The number of piperazine rings is 1. The van der Waals surface area contributed by atoms with E-state index in [4.69, 9.17) is 0 Å². The van der Waals surface area contributed by atoms with Crippen LogP contribution in [0.15, 0.2) is 18.2 Å². The van der Waals surface area contributed by atoms with Gasteiger partial charge in [0.15, 0.2) is 0 Å². The van der Waals surface area contributed by atoms with Crippen molar-refractivity contribution in [3.05, 3.63) is 29.3 Å². The summed E-state index contributed by atoms with van der Waals surface area (Å²) in [7, 11) is 3.40. The Kier molecular flexibility index (Phi) is 8.01. The van der Waals surface area contributed by atoms with Crippen molar-refractivity contribution in [1.82, 2.24) is 20.0 Å². The fourth-order valence-corrected chi connectivity index (χ4v) is 3.08. The van der Waals surface area contributed by atoms with Gasteiger partial charge in [0.25, 0.3) is 5.91 Å². The number of amides is 4. The molecule has 4 amide bonds. The number of carbonyl (C=O) groups is 3. The number of aryl methyl sites for hydroxylation is 1. The largest absolute Gasteiger partial charge is 0.353 e. The summed E-state index contributed by atoms with van der Waals surface area (Å²) in [4.78, 5) is 42.2. The lowest BCUT2D eigenvalue weighted by Gasteiger charge is -2.34. The summed E-state index contributed by atoms with van der Waals surface area (Å²) in [5.41, 5.74) is 2.07. The van der Waals surface area contributed by atoms with E-state index < -0.39 is 0 Å². The molecular formula is C21H33N5O3. The molecule has 2 N–H and O–H groups in total. The van der Waals surface area contributed by atoms with E-state index in [2.05, 4.69) is 15.5 Å². The van der Waals surface area contributed by atoms with E-state index >= 15 is 0 Å². The van der Waals surface area contributed by atoms with Crippen LogP contribution >= 0.6 is 0 Å². The maximum Gasteiger partial charge on any atom is 0.321 e. The summed E-state index contributed by atoms with van der Waals surface area (Å²) >= 11 is 0. The summed E-state index contributed by atoms with van der Waals surface area (Å²) in [6.07, 6.45) is 0.903. The summed E-state index contributed by atoms with van der Waals surface area (Å²) in [5, 5.41) is 5.89. The van der Waals surface area contributed by atoms with E-state index in [9.17, 15) is 14.4 Å². The Labute approximate surface area is 173 Å². The fraction of sp³-hybridized carbons (Fsp3) is 0.571. The molecule has 0 aliphatic carbocycles. The van der Waals surface area contributed by atoms with Crippen molar-refractivity contribution in [2.45, 2.75) is 33.2 Å². The van der Waals surface area contributed by atoms with E-state index in [0.29, 0.717) is 44.0 Å². The third-order valence-corrected chi connectivity index (χ3v) is 5.18. The highest BCUT2D eigenvalue weighted by Gasteiger charge is 2.23. The maximum absolute atomic E-state index is 12.7. The van der Waals surface area contributed by atoms with Gasteiger partial charge in [0.1, 0.15) is 0 Å². The van der Waals surface area contributed by atoms with Crippen molar-refractivity contribution in [2.24, 2.45) is 0 Å². The van der Waals surface area contributed by atoms with Crippen LogP contribution in [0.1, 0.15) is 36.2 Å². The number of anilines is 1. The van der Waals surface area contributed by atoms with Crippen molar-refractivity contribution in [3.63, 3.8) is 0 Å². The fourth-order valence-electron chi connectivity index (χ4n) is 3.08. The van der Waals surface area contributed by atoms with Gasteiger partial charge in [-0.25, -0.2) is 4.79 Å². The molecule has 8 nitrogen and oxygen atoms in total. The van der Waals surface area contributed by atoms with E-state index in [-0.39, 0.29) is 23.9 Å². The predicted octanol–water partition coefficient (Wildman–Crippen LogP) is 1.76. The lowest BCUT2D eigenvalue weighted by molar-refractivity contribution is -0.123. The molecule has 1 fully saturated rings. The van der Waals surface area contributed by atoms with Crippen LogP contribution in [0.3, 0.4) is 0 Å². The molecule has 0 unspecified atom stereocenters. The topological polar surface area (TPSA) is 85.0 Å². The molecule has 0 aromatic heterocycles. The van der Waals surface area contributed by atoms with Crippen molar-refractivity contribution in [1.29, 1.82) is 0 Å². The van der Waals surface area contributed by atoms with Crippen molar-refractivity contribution in [3.8, 4) is 0 Å². The van der Waals surface area contributed by atoms with Crippen molar-refractivity contribution < 1.29 is 14.4 Å². The monoisotopic (exact) mass is 403 g/mol. The molecule has 0 radical (unpaired) electrons. The normalized spacial score (nSPS) is 15.6. The highest BCUT2D eigenvalue weighted by molar-refractivity contribution is 5.97. The Morgan fingerprint density at radius 1 is 1.14 bits per heavy atom. The van der Waals surface area contributed by atoms with Gasteiger partial charge in [-0.3, -0.25) is 14.5 Å². The third-order valence-electron chi connectivity index (χ3n) is 5.18. The number of urea groups is 1. The first-order chi connectivity index (χ1) is 13.7. The molecule has 0 saturated carbocycles. The number of carbonyl (C=O) groups excluding carboxylic acids is 3. The highest BCUT2D eigenvalue weighted by atomic mass is 16.2. The number of nitrogens with one attached hydrogen (secondary N) is 2. The molecule has 160 valence electrons. The lowest BCUT2D eigenvalue weighted by Crippen LogP contribution is -2.52. The summed E-state index contributed by atoms with van der Waals surface area (Å²) in [5.74, 6) is -0.0833. The average molecular weight is 404 g/mol. The molecular weight excluding hydrogens is 370 g/mol. The quantitative estimate of drug-likeness (QED) is 0.758. The molecule has 1 atom stereocenters. The average Bonchev–Trinajstić information content (AvgIpc) is 2.69. The third kappa shape index (κ3) is 6.45. The second kappa shape index (κ2) is 10.2. The minimum absolute atomic E-state index is 0.0234. The Bertz CT molecular complexity index is 742. The van der Waals surface area contributed by atoms with E-state index in [1.165, 1.54) is 4.90 Å². The molecule has 0 bridgehead atoms. The molecule has 1 saturated heterocycles. The van der Waals surface area contributed by atoms with Gasteiger partial charge in [0.2, 0.25) is 5.91 Å². The zero-order chi connectivity index (χ0) is 21.6. The van der Waals surface area contributed by atoms with Crippen LogP contribution in [0, 0.1) is 6.92 Å². The van der Waals surface area contributed by atoms with Crippen LogP contribution in [0.4, 0.5) is 10.5 Å². The Balaban J connectivity index is 1.89. The van der Waals surface area contributed by atoms with Crippen LogP contribution in [-0.2, 0) is 4.79 Å². The lowest BCUT2D eigenvalue weighted by atomic mass is 10.1. The molecule has 1 aromatic rings. The van der Waals surface area contributed by atoms with E-state index in [1.54, 1.807) is 31.1 Å². The van der Waals surface area contributed by atoms with Gasteiger partial charge in [0, 0.05) is 57.6 Å². The number of hydrogen-bond acceptors (Lipinski definition) is 4. The Hall–Kier alpha value is -2.61. The zero-order valence-corrected chi connectivity index (χ0v) is 18.1. The van der Waals surface area contributed by atoms with Gasteiger partial charge < -0.3 is 20.4 Å². The van der Waals surface area contributed by atoms with Gasteiger partial charge in [-0.1, -0.05) is 13.0 Å². The molecule has 1 aliphatic heterocycles. The zero-order valence-electron chi connectivity index (χ0n) is 18.1. The first-order valence-electron chi connectivity index (χ1n) is 10.1. The molecule has 29 heavy (non-hydrogen) atoms. The first kappa shape index (κ1) is 22.7. The maximum atomic E-state index is 12.7. The van der Waals surface area contributed by atoms with Crippen molar-refractivity contribution in [2.75, 3.05) is 52.1 Å². The smallest absolute Gasteiger partial charge is 0.321 e. The molecule has 8 heteroatoms. The summed E-state index contributed by atoms with van der Waals surface area (Å²) in [6, 6.07) is 5.29. The van der Waals surface area contributed by atoms with Crippen LogP contribution in [0.2, 0.25) is 0 Å². The minimum Gasteiger partial charge on any atom is -0.353 e. The van der Waals surface area contributed by atoms with Crippen LogP contribution in [0.25, 0.3) is 0 Å². The second-order valence-corrected chi connectivity index (χ2v) is 7.80. The number of nitrogens with zero attached hydrogens (tertiary/aromatic N) is 3. The first-order valence-corrected chi connectivity index (χ1v) is 10.1. The van der Waals surface area contributed by atoms with Crippen LogP contribution in [-0.4, -0.2) is 85.4 Å². The molecule has 2 rings (SSSR count). The molecule has 1 aliphatic rings. The van der Waals surface area contributed by atoms with Gasteiger partial charge in [-0.05, 0) is 38.0 Å². The van der Waals surface area contributed by atoms with Crippen LogP contribution in [0.5, 0.6) is 0 Å². The number of rotatable bonds is 6. The second-order valence-electron chi connectivity index (χ2n) is 7.80. The van der Waals surface area contributed by atoms with Gasteiger partial charge >= 0.3 is 6.03 Å². The predicted molar refractivity (Wildman–Crippen MR) is 114 cm³/mol. The van der Waals surface area contributed by atoms with Gasteiger partial charge in [0.05, 0.1) is 6.54 Å². The highest BCUT2D eigenvalue weighted by Crippen LogP contribution is 2.19. The van der Waals surface area contributed by atoms with E-state index in [0.717, 1.165) is 12.0 Å². The SMILES string of the molecule is CC[C@H](C)NC(=O)CN1CCN(C(=O)Nc2cc(C(=O)N(C)C)ccc2C)CC1. The summed E-state index contributed by atoms with van der Waals surface area (Å²) in [6.45, 7) is 8.69. The minimum atomic E-state index is -0.189. The number of benzene rings is 1. The molecule has 1 aromatic carbocycles. The van der Waals surface area contributed by atoms with Gasteiger partial charge in [-0.15, -0.1) is 0 Å². The van der Waals surface area contributed by atoms with Crippen molar-refractivity contribution >= 4 is 23.5 Å². The van der Waals surface area contributed by atoms with Gasteiger partial charge in [-0.2, -0.15) is 0 Å². The number of hydrogen-bond donors (Lipinski definition) is 2. The Morgan fingerprint density at radius 2 is 1.79 bits per heavy atom. The standard InChI is InChI=1S/C21H33N5O3/c1-6-16(3)22-19(27)14-25-9-11-26(12-10-25)21(29)23-18-13-17(8-7-15(18)2)20(28)24(4)5/h7-8,13,16H,6,9-12,14H2,1-5H3,(H,22,27)(H,23,29)/t16-/m0/s1. The van der Waals surface area contributed by atoms with Crippen LogP contribution < -0.4 is 10.6 Å². The summed E-state index contributed by atoms with van der Waals surface area (Å²) < 4.78 is 0.